The third kappa shape index (κ3) is 1.89. The summed E-state index contributed by atoms with van der Waals surface area (Å²) < 4.78 is 0. The molecule has 0 spiro atoms. The Kier molecular flexibility index (Phi) is 3.03. The highest BCUT2D eigenvalue weighted by atomic mass is 32.2. The first kappa shape index (κ1) is 7.89. The Labute approximate surface area is 66.6 Å². The van der Waals surface area contributed by atoms with Crippen LogP contribution in [0.4, 0.5) is 0 Å². The van der Waals surface area contributed by atoms with Crippen molar-refractivity contribution in [2.24, 2.45) is 0 Å². The van der Waals surface area contributed by atoms with E-state index in [1.807, 2.05) is 7.05 Å². The molecule has 0 bridgehead atoms. The van der Waals surface area contributed by atoms with E-state index in [0.29, 0.717) is 6.04 Å². The molecule has 1 nitrogen and oxygen atoms in total. The molecule has 1 atom stereocenters. The van der Waals surface area contributed by atoms with Crippen LogP contribution >= 0.6 is 11.8 Å². The topological polar surface area (TPSA) is 12.0 Å². The van der Waals surface area contributed by atoms with E-state index >= 15 is 0 Å². The smallest absolute Gasteiger partial charge is 0.0285 e. The molecule has 1 unspecified atom stereocenters. The fourth-order valence-electron chi connectivity index (χ4n) is 0.966. The SMILES string of the molecule is CNC1C=CC(SC)=CC1. The molecule has 0 aliphatic heterocycles. The van der Waals surface area contributed by atoms with Crippen molar-refractivity contribution in [3.05, 3.63) is 23.1 Å². The molecule has 0 saturated heterocycles. The molecule has 10 heavy (non-hydrogen) atoms. The summed E-state index contributed by atoms with van der Waals surface area (Å²) in [6, 6.07) is 0.552. The highest BCUT2D eigenvalue weighted by Crippen LogP contribution is 2.18. The first-order chi connectivity index (χ1) is 4.86. The minimum Gasteiger partial charge on any atom is -0.313 e. The molecule has 0 aromatic heterocycles. The number of likely N-dealkylation sites (N-methyl/N-ethyl adjacent to an activating group) is 1. The summed E-state index contributed by atoms with van der Waals surface area (Å²) in [7, 11) is 1.99. The van der Waals surface area contributed by atoms with Gasteiger partial charge in [-0.3, -0.25) is 0 Å². The maximum absolute atomic E-state index is 3.21. The van der Waals surface area contributed by atoms with Crippen LogP contribution in [0.25, 0.3) is 0 Å². The summed E-state index contributed by atoms with van der Waals surface area (Å²) in [6.07, 6.45) is 9.89. The lowest BCUT2D eigenvalue weighted by atomic mass is 10.1. The third-order valence-corrected chi connectivity index (χ3v) is 2.45. The third-order valence-electron chi connectivity index (χ3n) is 1.67. The van der Waals surface area contributed by atoms with Gasteiger partial charge >= 0.3 is 0 Å². The van der Waals surface area contributed by atoms with Crippen LogP contribution in [0, 0.1) is 0 Å². The normalized spacial score (nSPS) is 24.6. The van der Waals surface area contributed by atoms with E-state index in [4.69, 9.17) is 0 Å². The zero-order valence-corrected chi connectivity index (χ0v) is 7.24. The van der Waals surface area contributed by atoms with E-state index in [-0.39, 0.29) is 0 Å². The largest absolute Gasteiger partial charge is 0.313 e. The highest BCUT2D eigenvalue weighted by molar-refractivity contribution is 8.02. The maximum atomic E-state index is 3.21. The predicted molar refractivity (Wildman–Crippen MR) is 48.2 cm³/mol. The number of hydrogen-bond acceptors (Lipinski definition) is 2. The quantitative estimate of drug-likeness (QED) is 0.652. The van der Waals surface area contributed by atoms with Crippen molar-refractivity contribution in [3.63, 3.8) is 0 Å². The van der Waals surface area contributed by atoms with Crippen LogP contribution in [0.15, 0.2) is 23.1 Å². The minimum atomic E-state index is 0.552. The molecule has 0 heterocycles. The van der Waals surface area contributed by atoms with Crippen molar-refractivity contribution >= 4 is 11.8 Å². The van der Waals surface area contributed by atoms with Crippen molar-refractivity contribution in [1.82, 2.24) is 5.32 Å². The summed E-state index contributed by atoms with van der Waals surface area (Å²) in [5.41, 5.74) is 0. The molecular formula is C8H13NS. The molecule has 0 saturated carbocycles. The molecule has 1 aliphatic rings. The Morgan fingerprint density at radius 1 is 1.70 bits per heavy atom. The number of hydrogen-bond donors (Lipinski definition) is 1. The van der Waals surface area contributed by atoms with Crippen molar-refractivity contribution in [2.45, 2.75) is 12.5 Å². The Hall–Kier alpha value is -0.210. The zero-order valence-electron chi connectivity index (χ0n) is 6.42. The minimum absolute atomic E-state index is 0.552. The van der Waals surface area contributed by atoms with E-state index < -0.39 is 0 Å². The Balaban J connectivity index is 2.46. The van der Waals surface area contributed by atoms with Gasteiger partial charge in [0.1, 0.15) is 0 Å². The van der Waals surface area contributed by atoms with Gasteiger partial charge in [0.2, 0.25) is 0 Å². The summed E-state index contributed by atoms with van der Waals surface area (Å²) >= 11 is 1.80. The molecule has 0 amide bonds. The number of rotatable bonds is 2. The van der Waals surface area contributed by atoms with Gasteiger partial charge in [-0.1, -0.05) is 18.2 Å². The molecule has 56 valence electrons. The van der Waals surface area contributed by atoms with E-state index in [9.17, 15) is 0 Å². The molecule has 0 aromatic rings. The van der Waals surface area contributed by atoms with E-state index in [1.54, 1.807) is 11.8 Å². The molecule has 0 aromatic carbocycles. The summed E-state index contributed by atoms with van der Waals surface area (Å²) in [6.45, 7) is 0. The summed E-state index contributed by atoms with van der Waals surface area (Å²) in [5.74, 6) is 0. The van der Waals surface area contributed by atoms with Crippen LogP contribution in [0.5, 0.6) is 0 Å². The summed E-state index contributed by atoms with van der Waals surface area (Å²) in [4.78, 5) is 1.38. The lowest BCUT2D eigenvalue weighted by Crippen LogP contribution is -2.22. The highest BCUT2D eigenvalue weighted by Gasteiger charge is 2.03. The molecule has 2 heteroatoms. The Bertz CT molecular complexity index is 161. The maximum Gasteiger partial charge on any atom is 0.0285 e. The number of allylic oxidation sites excluding steroid dienone is 1. The van der Waals surface area contributed by atoms with E-state index in [0.717, 1.165) is 6.42 Å². The molecular weight excluding hydrogens is 142 g/mol. The Morgan fingerprint density at radius 2 is 2.50 bits per heavy atom. The van der Waals surface area contributed by atoms with E-state index in [2.05, 4.69) is 29.8 Å². The van der Waals surface area contributed by atoms with Crippen molar-refractivity contribution in [3.8, 4) is 0 Å². The lowest BCUT2D eigenvalue weighted by molar-refractivity contribution is 0.671. The predicted octanol–water partition coefficient (Wildman–Crippen LogP) is 1.78. The van der Waals surface area contributed by atoms with Crippen molar-refractivity contribution < 1.29 is 0 Å². The van der Waals surface area contributed by atoms with Crippen molar-refractivity contribution in [1.29, 1.82) is 0 Å². The monoisotopic (exact) mass is 155 g/mol. The van der Waals surface area contributed by atoms with Crippen LogP contribution in [0.2, 0.25) is 0 Å². The first-order valence-corrected chi connectivity index (χ1v) is 4.69. The molecule has 1 N–H and O–H groups in total. The second kappa shape index (κ2) is 3.84. The first-order valence-electron chi connectivity index (χ1n) is 3.46. The van der Waals surface area contributed by atoms with Gasteiger partial charge in [0.15, 0.2) is 0 Å². The van der Waals surface area contributed by atoms with Gasteiger partial charge < -0.3 is 5.32 Å². The number of thioether (sulfide) groups is 1. The standard InChI is InChI=1S/C8H13NS/c1-9-7-3-5-8(10-2)6-4-7/h3,5-7,9H,4H2,1-2H3. The average Bonchev–Trinajstić information content (AvgIpc) is 2.05. The second-order valence-electron chi connectivity index (χ2n) is 2.30. The van der Waals surface area contributed by atoms with Crippen LogP contribution in [-0.2, 0) is 0 Å². The molecule has 0 fully saturated rings. The fourth-order valence-corrected chi connectivity index (χ4v) is 1.44. The van der Waals surface area contributed by atoms with Gasteiger partial charge in [-0.2, -0.15) is 0 Å². The van der Waals surface area contributed by atoms with Crippen LogP contribution < -0.4 is 5.32 Å². The lowest BCUT2D eigenvalue weighted by Gasteiger charge is -2.13. The zero-order chi connectivity index (χ0) is 7.40. The fraction of sp³-hybridized carbons (Fsp3) is 0.500. The van der Waals surface area contributed by atoms with Crippen LogP contribution in [0.3, 0.4) is 0 Å². The van der Waals surface area contributed by atoms with Gasteiger partial charge in [0, 0.05) is 10.9 Å². The van der Waals surface area contributed by atoms with Crippen molar-refractivity contribution in [2.75, 3.05) is 13.3 Å². The van der Waals surface area contributed by atoms with Gasteiger partial charge in [-0.25, -0.2) is 0 Å². The van der Waals surface area contributed by atoms with E-state index in [1.165, 1.54) is 4.91 Å². The van der Waals surface area contributed by atoms with Gasteiger partial charge in [0.05, 0.1) is 0 Å². The molecule has 1 rings (SSSR count). The molecule has 1 aliphatic carbocycles. The van der Waals surface area contributed by atoms with Crippen LogP contribution in [0.1, 0.15) is 6.42 Å². The van der Waals surface area contributed by atoms with Crippen LogP contribution in [-0.4, -0.2) is 19.3 Å². The average molecular weight is 155 g/mol. The number of nitrogens with one attached hydrogen (secondary N) is 1. The second-order valence-corrected chi connectivity index (χ2v) is 3.18. The Morgan fingerprint density at radius 3 is 2.90 bits per heavy atom. The summed E-state index contributed by atoms with van der Waals surface area (Å²) in [5, 5.41) is 3.21. The van der Waals surface area contributed by atoms with Gasteiger partial charge in [0.25, 0.3) is 0 Å². The molecule has 0 radical (unpaired) electrons. The van der Waals surface area contributed by atoms with Gasteiger partial charge in [-0.05, 0) is 19.7 Å². The van der Waals surface area contributed by atoms with Gasteiger partial charge in [-0.15, -0.1) is 11.8 Å².